The highest BCUT2D eigenvalue weighted by Crippen LogP contribution is 2.13. The molecule has 11 heavy (non-hydrogen) atoms. The molecule has 0 aromatic carbocycles. The zero-order chi connectivity index (χ0) is 8.27. The highest BCUT2D eigenvalue weighted by Gasteiger charge is 2.15. The molecule has 0 saturated heterocycles. The Balaban J connectivity index is 2.42. The van der Waals surface area contributed by atoms with Crippen molar-refractivity contribution in [2.75, 3.05) is 6.61 Å². The molecule has 1 rings (SSSR count). The molecule has 0 saturated carbocycles. The molecule has 0 radical (unpaired) electrons. The Kier molecular flexibility index (Phi) is 2.48. The molecule has 0 amide bonds. The van der Waals surface area contributed by atoms with Crippen LogP contribution in [0.1, 0.15) is 6.42 Å². The summed E-state index contributed by atoms with van der Waals surface area (Å²) in [6.45, 7) is 0.507. The molecule has 0 bridgehead atoms. The molecule has 6 heteroatoms. The first-order valence-corrected chi connectivity index (χ1v) is 3.77. The van der Waals surface area contributed by atoms with E-state index in [4.69, 9.17) is 11.1 Å². The topological polar surface area (TPSA) is 88.5 Å². The maximum Gasteiger partial charge on any atom is 0.259 e. The number of hydrogen-bond acceptors (Lipinski definition) is 5. The highest BCUT2D eigenvalue weighted by atomic mass is 32.2. The minimum absolute atomic E-state index is 0.454. The summed E-state index contributed by atoms with van der Waals surface area (Å²) in [4.78, 5) is 15.4. The number of nitrogens with zero attached hydrogens (tertiary/aromatic N) is 1. The van der Waals surface area contributed by atoms with E-state index < -0.39 is 11.0 Å². The van der Waals surface area contributed by atoms with Crippen molar-refractivity contribution in [1.29, 1.82) is 5.41 Å². The van der Waals surface area contributed by atoms with Gasteiger partial charge in [0.1, 0.15) is 11.7 Å². The maximum absolute atomic E-state index is 10.8. The van der Waals surface area contributed by atoms with Crippen molar-refractivity contribution in [3.8, 4) is 0 Å². The lowest BCUT2D eigenvalue weighted by molar-refractivity contribution is -0.105. The molecule has 0 aromatic heterocycles. The Labute approximate surface area is 67.5 Å². The molecule has 0 fully saturated rings. The summed E-state index contributed by atoms with van der Waals surface area (Å²) in [6.07, 6.45) is 0.629. The maximum atomic E-state index is 10.8. The number of nitrogens with one attached hydrogen (secondary N) is 1. The molecule has 0 spiro atoms. The van der Waals surface area contributed by atoms with E-state index in [1.54, 1.807) is 0 Å². The van der Waals surface area contributed by atoms with Gasteiger partial charge in [-0.1, -0.05) is 5.16 Å². The molecular weight excluding hydrogens is 166 g/mol. The van der Waals surface area contributed by atoms with Gasteiger partial charge in [-0.15, -0.1) is 0 Å². The fraction of sp³-hybridized carbons (Fsp3) is 0.400. The van der Waals surface area contributed by atoms with Crippen LogP contribution in [-0.2, 0) is 9.63 Å². The van der Waals surface area contributed by atoms with Gasteiger partial charge in [0.15, 0.2) is 5.84 Å². The Morgan fingerprint density at radius 3 is 3.00 bits per heavy atom. The van der Waals surface area contributed by atoms with Crippen LogP contribution in [0.2, 0.25) is 0 Å². The third kappa shape index (κ3) is 2.23. The van der Waals surface area contributed by atoms with Crippen molar-refractivity contribution in [2.45, 2.75) is 6.42 Å². The number of nitrogens with two attached hydrogens (primary N) is 1. The first-order chi connectivity index (χ1) is 5.20. The third-order valence-electron chi connectivity index (χ3n) is 1.00. The fourth-order valence-corrected chi connectivity index (χ4v) is 1.13. The monoisotopic (exact) mass is 173 g/mol. The van der Waals surface area contributed by atoms with Gasteiger partial charge in [0.05, 0.1) is 0 Å². The van der Waals surface area contributed by atoms with Gasteiger partial charge >= 0.3 is 0 Å². The van der Waals surface area contributed by atoms with Gasteiger partial charge in [0.2, 0.25) is 0 Å². The van der Waals surface area contributed by atoms with Crippen LogP contribution in [0.5, 0.6) is 0 Å². The van der Waals surface area contributed by atoms with Gasteiger partial charge in [-0.25, -0.2) is 0 Å². The van der Waals surface area contributed by atoms with E-state index >= 15 is 0 Å². The van der Waals surface area contributed by atoms with Gasteiger partial charge < -0.3 is 10.6 Å². The van der Waals surface area contributed by atoms with Crippen LogP contribution in [0.4, 0.5) is 0 Å². The van der Waals surface area contributed by atoms with E-state index in [0.717, 1.165) is 11.8 Å². The Hall–Kier alpha value is -1.04. The molecule has 0 aromatic rings. The van der Waals surface area contributed by atoms with Crippen molar-refractivity contribution in [3.63, 3.8) is 0 Å². The molecule has 3 N–H and O–H groups in total. The number of carbonyl (C=O) groups is 1. The molecule has 5 nitrogen and oxygen atoms in total. The molecule has 1 aliphatic rings. The second kappa shape index (κ2) is 3.38. The number of hydrogen-bond donors (Lipinski definition) is 2. The largest absolute Gasteiger partial charge is 0.395 e. The molecule has 60 valence electrons. The lowest BCUT2D eigenvalue weighted by Crippen LogP contribution is -2.20. The van der Waals surface area contributed by atoms with Crippen molar-refractivity contribution >= 4 is 27.8 Å². The fourth-order valence-electron chi connectivity index (χ4n) is 0.528. The number of carbonyl (C=O) groups excluding carboxylic acids is 1. The number of oxime groups is 1. The lowest BCUT2D eigenvalue weighted by atomic mass is 10.5. The van der Waals surface area contributed by atoms with Crippen LogP contribution in [0.15, 0.2) is 5.16 Å². The first kappa shape index (κ1) is 8.06. The van der Waals surface area contributed by atoms with E-state index in [2.05, 4.69) is 9.99 Å². The Bertz CT molecular complexity index is 226. The van der Waals surface area contributed by atoms with Crippen LogP contribution < -0.4 is 5.73 Å². The average Bonchev–Trinajstić information content (AvgIpc) is 2.39. The van der Waals surface area contributed by atoms with Gasteiger partial charge in [-0.2, -0.15) is 0 Å². The summed E-state index contributed by atoms with van der Waals surface area (Å²) >= 11 is 0.852. The van der Waals surface area contributed by atoms with Crippen molar-refractivity contribution in [1.82, 2.24) is 0 Å². The van der Waals surface area contributed by atoms with Crippen molar-refractivity contribution in [3.05, 3.63) is 0 Å². The van der Waals surface area contributed by atoms with Crippen molar-refractivity contribution in [2.24, 2.45) is 10.9 Å². The predicted molar refractivity (Wildman–Crippen MR) is 42.5 cm³/mol. The standard InChI is InChI=1S/C5H7N3O2S/c6-4(7)5(9)11-3-1-2-10-8-3/h1-2H2,(H3,6,7). The van der Waals surface area contributed by atoms with Crippen LogP contribution in [0.3, 0.4) is 0 Å². The summed E-state index contributed by atoms with van der Waals surface area (Å²) < 4.78 is 0. The smallest absolute Gasteiger partial charge is 0.259 e. The van der Waals surface area contributed by atoms with E-state index in [9.17, 15) is 4.79 Å². The SMILES string of the molecule is N=C(N)C(=O)SC1=NOCC1. The van der Waals surface area contributed by atoms with Gasteiger partial charge in [0.25, 0.3) is 5.12 Å². The quantitative estimate of drug-likeness (QED) is 0.396. The number of thioether (sulfide) groups is 1. The minimum atomic E-state index is -0.478. The van der Waals surface area contributed by atoms with Crippen LogP contribution >= 0.6 is 11.8 Å². The van der Waals surface area contributed by atoms with E-state index in [0.29, 0.717) is 18.1 Å². The molecule has 0 unspecified atom stereocenters. The molecule has 1 aliphatic heterocycles. The summed E-state index contributed by atoms with van der Waals surface area (Å²) in [5, 5.41) is 10.5. The van der Waals surface area contributed by atoms with Crippen LogP contribution in [0, 0.1) is 5.41 Å². The summed E-state index contributed by atoms with van der Waals surface area (Å²) in [7, 11) is 0. The average molecular weight is 173 g/mol. The Morgan fingerprint density at radius 1 is 1.82 bits per heavy atom. The molecule has 1 heterocycles. The first-order valence-electron chi connectivity index (χ1n) is 2.95. The van der Waals surface area contributed by atoms with Crippen LogP contribution in [0.25, 0.3) is 0 Å². The zero-order valence-electron chi connectivity index (χ0n) is 5.66. The molecule has 0 aliphatic carbocycles. The highest BCUT2D eigenvalue weighted by molar-refractivity contribution is 8.27. The minimum Gasteiger partial charge on any atom is -0.395 e. The second-order valence-electron chi connectivity index (χ2n) is 1.87. The zero-order valence-corrected chi connectivity index (χ0v) is 6.48. The van der Waals surface area contributed by atoms with Gasteiger partial charge in [0, 0.05) is 6.42 Å². The third-order valence-corrected chi connectivity index (χ3v) is 1.92. The lowest BCUT2D eigenvalue weighted by Gasteiger charge is -1.93. The summed E-state index contributed by atoms with van der Waals surface area (Å²) in [6, 6.07) is 0. The normalized spacial score (nSPS) is 15.5. The van der Waals surface area contributed by atoms with Gasteiger partial charge in [-0.05, 0) is 11.8 Å². The molecular formula is C5H7N3O2S. The van der Waals surface area contributed by atoms with E-state index in [-0.39, 0.29) is 0 Å². The van der Waals surface area contributed by atoms with E-state index in [1.807, 2.05) is 0 Å². The second-order valence-corrected chi connectivity index (χ2v) is 2.92. The number of amidine groups is 1. The number of rotatable bonds is 0. The van der Waals surface area contributed by atoms with Crippen molar-refractivity contribution < 1.29 is 9.63 Å². The summed E-state index contributed by atoms with van der Waals surface area (Å²) in [5.41, 5.74) is 4.93. The molecule has 0 atom stereocenters. The predicted octanol–water partition coefficient (Wildman–Crippen LogP) is -0.0840. The summed E-state index contributed by atoms with van der Waals surface area (Å²) in [5.74, 6) is -0.454. The van der Waals surface area contributed by atoms with Crippen LogP contribution in [-0.4, -0.2) is 22.6 Å². The van der Waals surface area contributed by atoms with E-state index in [1.165, 1.54) is 0 Å². The Morgan fingerprint density at radius 2 is 2.55 bits per heavy atom. The van der Waals surface area contributed by atoms with Gasteiger partial charge in [-0.3, -0.25) is 10.2 Å².